The molecule has 0 atom stereocenters. The molecule has 13 heavy (non-hydrogen) atoms. The molecule has 2 nitrogen and oxygen atoms in total. The molecule has 0 bridgehead atoms. The van der Waals surface area contributed by atoms with E-state index in [2.05, 4.69) is 4.98 Å². The van der Waals surface area contributed by atoms with Crippen molar-refractivity contribution < 1.29 is 0 Å². The highest BCUT2D eigenvalue weighted by Crippen LogP contribution is 2.17. The fourth-order valence-corrected chi connectivity index (χ4v) is 1.43. The van der Waals surface area contributed by atoms with Crippen molar-refractivity contribution in [3.8, 4) is 0 Å². The summed E-state index contributed by atoms with van der Waals surface area (Å²) in [6.07, 6.45) is 0. The van der Waals surface area contributed by atoms with E-state index < -0.39 is 0 Å². The summed E-state index contributed by atoms with van der Waals surface area (Å²) < 4.78 is 0. The lowest BCUT2D eigenvalue weighted by Gasteiger charge is -2.00. The molecule has 1 aromatic carbocycles. The predicted octanol–water partition coefficient (Wildman–Crippen LogP) is 2.35. The Morgan fingerprint density at radius 2 is 2.08 bits per heavy atom. The summed E-state index contributed by atoms with van der Waals surface area (Å²) in [5, 5.41) is 1.78. The Bertz CT molecular complexity index is 440. The summed E-state index contributed by atoms with van der Waals surface area (Å²) in [6.45, 7) is 0.471. The second-order valence-corrected chi connectivity index (χ2v) is 3.28. The van der Waals surface area contributed by atoms with Crippen LogP contribution in [0.3, 0.4) is 0 Å². The minimum absolute atomic E-state index is 0.471. The van der Waals surface area contributed by atoms with Gasteiger partial charge in [-0.2, -0.15) is 0 Å². The molecular weight excluding hydrogens is 184 g/mol. The van der Waals surface area contributed by atoms with Crippen LogP contribution >= 0.6 is 11.6 Å². The molecule has 0 spiro atoms. The van der Waals surface area contributed by atoms with E-state index >= 15 is 0 Å². The molecule has 0 radical (unpaired) electrons. The number of nitrogens with zero attached hydrogens (tertiary/aromatic N) is 1. The minimum atomic E-state index is 0.471. The highest BCUT2D eigenvalue weighted by molar-refractivity contribution is 6.31. The van der Waals surface area contributed by atoms with Gasteiger partial charge >= 0.3 is 0 Å². The number of hydrogen-bond acceptors (Lipinski definition) is 2. The zero-order chi connectivity index (χ0) is 9.26. The number of nitrogens with two attached hydrogens (primary N) is 1. The molecule has 66 valence electrons. The maximum atomic E-state index is 5.84. The third-order valence-electron chi connectivity index (χ3n) is 1.92. The maximum Gasteiger partial charge on any atom is 0.0706 e. The summed E-state index contributed by atoms with van der Waals surface area (Å²) >= 11 is 5.84. The van der Waals surface area contributed by atoms with Gasteiger partial charge in [0.25, 0.3) is 0 Å². The van der Waals surface area contributed by atoms with Crippen LogP contribution in [-0.2, 0) is 6.54 Å². The topological polar surface area (TPSA) is 38.9 Å². The summed E-state index contributed by atoms with van der Waals surface area (Å²) in [5.41, 5.74) is 7.32. The van der Waals surface area contributed by atoms with E-state index in [1.807, 2.05) is 30.3 Å². The SMILES string of the molecule is NCc1ccc2cc(Cl)ccc2n1. The lowest BCUT2D eigenvalue weighted by Crippen LogP contribution is -1.98. The van der Waals surface area contributed by atoms with Crippen LogP contribution in [0.4, 0.5) is 0 Å². The third kappa shape index (κ3) is 1.64. The van der Waals surface area contributed by atoms with Crippen LogP contribution < -0.4 is 5.73 Å². The highest BCUT2D eigenvalue weighted by atomic mass is 35.5. The first-order valence-corrected chi connectivity index (χ1v) is 4.42. The van der Waals surface area contributed by atoms with Crippen LogP contribution in [0, 0.1) is 0 Å². The van der Waals surface area contributed by atoms with Crippen LogP contribution in [0.1, 0.15) is 5.69 Å². The van der Waals surface area contributed by atoms with Gasteiger partial charge in [-0.1, -0.05) is 17.7 Å². The molecule has 0 amide bonds. The van der Waals surface area contributed by atoms with Gasteiger partial charge in [0.15, 0.2) is 0 Å². The molecule has 2 N–H and O–H groups in total. The van der Waals surface area contributed by atoms with Crippen molar-refractivity contribution in [2.24, 2.45) is 5.73 Å². The van der Waals surface area contributed by atoms with Gasteiger partial charge in [0.2, 0.25) is 0 Å². The zero-order valence-corrected chi connectivity index (χ0v) is 7.75. The molecule has 0 unspecified atom stereocenters. The lowest BCUT2D eigenvalue weighted by atomic mass is 10.2. The molecule has 0 saturated heterocycles. The first kappa shape index (κ1) is 8.48. The number of halogens is 1. The van der Waals surface area contributed by atoms with Crippen LogP contribution in [0.5, 0.6) is 0 Å². The molecule has 3 heteroatoms. The fourth-order valence-electron chi connectivity index (χ4n) is 1.25. The molecular formula is C10H9ClN2. The molecule has 1 heterocycles. The van der Waals surface area contributed by atoms with E-state index in [4.69, 9.17) is 17.3 Å². The van der Waals surface area contributed by atoms with E-state index in [-0.39, 0.29) is 0 Å². The molecule has 0 saturated carbocycles. The molecule has 0 aliphatic heterocycles. The largest absolute Gasteiger partial charge is 0.325 e. The van der Waals surface area contributed by atoms with Crippen molar-refractivity contribution in [3.63, 3.8) is 0 Å². The van der Waals surface area contributed by atoms with Crippen molar-refractivity contribution in [1.82, 2.24) is 4.98 Å². The normalized spacial score (nSPS) is 10.6. The summed E-state index contributed by atoms with van der Waals surface area (Å²) in [7, 11) is 0. The summed E-state index contributed by atoms with van der Waals surface area (Å²) in [6, 6.07) is 9.52. The Kier molecular flexibility index (Phi) is 2.17. The van der Waals surface area contributed by atoms with Gasteiger partial charge in [-0.25, -0.2) is 0 Å². The zero-order valence-electron chi connectivity index (χ0n) is 7.00. The van der Waals surface area contributed by atoms with E-state index in [9.17, 15) is 0 Å². The van der Waals surface area contributed by atoms with Crippen molar-refractivity contribution in [2.45, 2.75) is 6.54 Å². The quantitative estimate of drug-likeness (QED) is 0.754. The number of fused-ring (bicyclic) bond motifs is 1. The second kappa shape index (κ2) is 3.32. The van der Waals surface area contributed by atoms with Crippen molar-refractivity contribution >= 4 is 22.5 Å². The van der Waals surface area contributed by atoms with Gasteiger partial charge in [-0.15, -0.1) is 0 Å². The van der Waals surface area contributed by atoms with E-state index in [1.54, 1.807) is 0 Å². The molecule has 1 aromatic heterocycles. The van der Waals surface area contributed by atoms with E-state index in [0.717, 1.165) is 21.6 Å². The van der Waals surface area contributed by atoms with E-state index in [1.165, 1.54) is 0 Å². The first-order chi connectivity index (χ1) is 6.29. The molecule has 2 aromatic rings. The fraction of sp³-hybridized carbons (Fsp3) is 0.100. The average molecular weight is 193 g/mol. The summed E-state index contributed by atoms with van der Waals surface area (Å²) in [4.78, 5) is 4.35. The van der Waals surface area contributed by atoms with Crippen molar-refractivity contribution in [2.75, 3.05) is 0 Å². The van der Waals surface area contributed by atoms with Gasteiger partial charge in [0.05, 0.1) is 11.2 Å². The van der Waals surface area contributed by atoms with Gasteiger partial charge < -0.3 is 5.73 Å². The monoisotopic (exact) mass is 192 g/mol. The van der Waals surface area contributed by atoms with Crippen molar-refractivity contribution in [3.05, 3.63) is 41.0 Å². The third-order valence-corrected chi connectivity index (χ3v) is 2.15. The maximum absolute atomic E-state index is 5.84. The van der Waals surface area contributed by atoms with Gasteiger partial charge in [0.1, 0.15) is 0 Å². The van der Waals surface area contributed by atoms with Crippen LogP contribution in [-0.4, -0.2) is 4.98 Å². The van der Waals surface area contributed by atoms with E-state index in [0.29, 0.717) is 6.54 Å². The lowest BCUT2D eigenvalue weighted by molar-refractivity contribution is 1.01. The number of benzene rings is 1. The molecule has 0 fully saturated rings. The second-order valence-electron chi connectivity index (χ2n) is 2.84. The smallest absolute Gasteiger partial charge is 0.0706 e. The van der Waals surface area contributed by atoms with Crippen LogP contribution in [0.25, 0.3) is 10.9 Å². The van der Waals surface area contributed by atoms with Gasteiger partial charge in [-0.3, -0.25) is 4.98 Å². The first-order valence-electron chi connectivity index (χ1n) is 4.05. The van der Waals surface area contributed by atoms with Gasteiger partial charge in [0, 0.05) is 17.0 Å². The van der Waals surface area contributed by atoms with Crippen molar-refractivity contribution in [1.29, 1.82) is 0 Å². The van der Waals surface area contributed by atoms with Crippen LogP contribution in [0.15, 0.2) is 30.3 Å². The Balaban J connectivity index is 2.66. The molecule has 0 aliphatic rings. The number of hydrogen-bond donors (Lipinski definition) is 1. The Labute approximate surface area is 81.3 Å². The Morgan fingerprint density at radius 1 is 1.23 bits per heavy atom. The molecule has 0 aliphatic carbocycles. The predicted molar refractivity (Wildman–Crippen MR) is 54.6 cm³/mol. The average Bonchev–Trinajstić information content (AvgIpc) is 2.17. The number of pyridine rings is 1. The highest BCUT2D eigenvalue weighted by Gasteiger charge is 1.97. The molecule has 2 rings (SSSR count). The number of aromatic nitrogens is 1. The van der Waals surface area contributed by atoms with Gasteiger partial charge in [-0.05, 0) is 24.3 Å². The standard InChI is InChI=1S/C10H9ClN2/c11-8-2-4-10-7(5-8)1-3-9(6-12)13-10/h1-5H,6,12H2. The number of rotatable bonds is 1. The minimum Gasteiger partial charge on any atom is -0.325 e. The van der Waals surface area contributed by atoms with Crippen LogP contribution in [0.2, 0.25) is 5.02 Å². The summed E-state index contributed by atoms with van der Waals surface area (Å²) in [5.74, 6) is 0. The Morgan fingerprint density at radius 3 is 2.85 bits per heavy atom. The Hall–Kier alpha value is -1.12.